The quantitative estimate of drug-likeness (QED) is 0.633. The van der Waals surface area contributed by atoms with Crippen LogP contribution in [-0.2, 0) is 0 Å². The zero-order chi connectivity index (χ0) is 11.1. The molecule has 1 aliphatic rings. The average Bonchev–Trinajstić information content (AvgIpc) is 2.27. The molecule has 96 valence electrons. The molecule has 0 aromatic heterocycles. The Kier molecular flexibility index (Phi) is 14.0. The Bertz CT molecular complexity index is 206. The molecule has 0 N–H and O–H groups in total. The minimum atomic E-state index is 0. The summed E-state index contributed by atoms with van der Waals surface area (Å²) >= 11 is 0. The number of halogens is 1. The fourth-order valence-electron chi connectivity index (χ4n) is 2.10. The van der Waals surface area contributed by atoms with Crippen molar-refractivity contribution in [1.82, 2.24) is 4.90 Å². The monoisotopic (exact) mass is 312 g/mol. The van der Waals surface area contributed by atoms with Crippen LogP contribution in [0.15, 0.2) is 11.8 Å². The summed E-state index contributed by atoms with van der Waals surface area (Å²) in [6.07, 6.45) is 6.22. The summed E-state index contributed by atoms with van der Waals surface area (Å²) < 4.78 is 0. The third kappa shape index (κ3) is 7.70. The van der Waals surface area contributed by atoms with Crippen molar-refractivity contribution in [2.75, 3.05) is 26.2 Å². The molecule has 17 heavy (non-hydrogen) atoms. The zero-order valence-electron chi connectivity index (χ0n) is 11.6. The molecule has 2 nitrogen and oxygen atoms in total. The third-order valence-corrected chi connectivity index (χ3v) is 3.30. The molecule has 0 radical (unpaired) electrons. The molecular formula is C13H25BrMgN2. The molecule has 0 saturated carbocycles. The van der Waals surface area contributed by atoms with E-state index in [0.29, 0.717) is 5.92 Å². The maximum Gasteiger partial charge on any atom is 2.00 e. The smallest absolute Gasteiger partial charge is 1.00 e. The molecule has 0 amide bonds. The molecule has 0 bridgehead atoms. The van der Waals surface area contributed by atoms with Gasteiger partial charge in [0.25, 0.3) is 0 Å². The van der Waals surface area contributed by atoms with Crippen LogP contribution in [0.5, 0.6) is 0 Å². The largest absolute Gasteiger partial charge is 2.00 e. The van der Waals surface area contributed by atoms with Crippen LogP contribution < -0.4 is 17.0 Å². The molecule has 0 fully saturated rings. The predicted molar refractivity (Wildman–Crippen MR) is 72.9 cm³/mol. The van der Waals surface area contributed by atoms with Gasteiger partial charge in [0.1, 0.15) is 0 Å². The van der Waals surface area contributed by atoms with Crippen LogP contribution in [0.25, 0.3) is 5.32 Å². The summed E-state index contributed by atoms with van der Waals surface area (Å²) in [6, 6.07) is 0. The zero-order valence-corrected chi connectivity index (χ0v) is 14.6. The predicted octanol–water partition coefficient (Wildman–Crippen LogP) is 0.0290. The molecular weight excluding hydrogens is 288 g/mol. The first-order valence-corrected chi connectivity index (χ1v) is 6.37. The summed E-state index contributed by atoms with van der Waals surface area (Å²) in [5.41, 5.74) is 1.36. The van der Waals surface area contributed by atoms with Crippen molar-refractivity contribution in [2.24, 2.45) is 5.92 Å². The molecule has 0 aliphatic heterocycles. The maximum absolute atomic E-state index is 4.72. The normalized spacial score (nSPS) is 19.1. The van der Waals surface area contributed by atoms with Gasteiger partial charge in [-0.25, -0.2) is 0 Å². The second-order valence-electron chi connectivity index (χ2n) is 4.37. The summed E-state index contributed by atoms with van der Waals surface area (Å²) in [5, 5.41) is 4.72. The summed E-state index contributed by atoms with van der Waals surface area (Å²) in [7, 11) is 0. The van der Waals surface area contributed by atoms with E-state index in [1.807, 2.05) is 0 Å². The van der Waals surface area contributed by atoms with Crippen molar-refractivity contribution < 1.29 is 17.0 Å². The van der Waals surface area contributed by atoms with E-state index in [4.69, 9.17) is 5.32 Å². The van der Waals surface area contributed by atoms with Gasteiger partial charge in [-0.3, -0.25) is 0 Å². The van der Waals surface area contributed by atoms with E-state index in [1.165, 1.54) is 25.0 Å². The standard InChI is InChI=1S/C13H25N2.BrH.Mg/c1-4-15(5-2)11-10-14-13-9-7-6-8-12(13)3;;/h9,12H,4-8,10-11H2,1-3H3;1H;/q-1;;+2/p-1. The topological polar surface area (TPSA) is 17.3 Å². The number of nitrogens with zero attached hydrogens (tertiary/aromatic N) is 2. The van der Waals surface area contributed by atoms with Crippen molar-refractivity contribution in [2.45, 2.75) is 40.0 Å². The minimum Gasteiger partial charge on any atom is -1.00 e. The van der Waals surface area contributed by atoms with Gasteiger partial charge in [0.15, 0.2) is 0 Å². The fourth-order valence-corrected chi connectivity index (χ4v) is 2.10. The van der Waals surface area contributed by atoms with Crippen LogP contribution in [0.3, 0.4) is 0 Å². The van der Waals surface area contributed by atoms with Crippen LogP contribution in [-0.4, -0.2) is 54.1 Å². The van der Waals surface area contributed by atoms with Crippen molar-refractivity contribution in [1.29, 1.82) is 0 Å². The van der Waals surface area contributed by atoms with Crippen molar-refractivity contribution in [3.63, 3.8) is 0 Å². The molecule has 1 aliphatic carbocycles. The molecule has 0 spiro atoms. The Balaban J connectivity index is 0. The van der Waals surface area contributed by atoms with Gasteiger partial charge < -0.3 is 27.2 Å². The van der Waals surface area contributed by atoms with Gasteiger partial charge in [0, 0.05) is 0 Å². The molecule has 0 aromatic carbocycles. The van der Waals surface area contributed by atoms with E-state index in [0.717, 1.165) is 26.2 Å². The Morgan fingerprint density at radius 2 is 2.00 bits per heavy atom. The van der Waals surface area contributed by atoms with Crippen LogP contribution in [0, 0.1) is 5.92 Å². The average molecular weight is 314 g/mol. The Labute approximate surface area is 134 Å². The van der Waals surface area contributed by atoms with Crippen molar-refractivity contribution in [3.05, 3.63) is 17.1 Å². The third-order valence-electron chi connectivity index (χ3n) is 3.30. The van der Waals surface area contributed by atoms with Crippen molar-refractivity contribution in [3.8, 4) is 0 Å². The Hall–Kier alpha value is 0.746. The van der Waals surface area contributed by atoms with Gasteiger partial charge in [-0.2, -0.15) is 5.70 Å². The first-order valence-electron chi connectivity index (χ1n) is 6.37. The summed E-state index contributed by atoms with van der Waals surface area (Å²) in [5.74, 6) is 0.690. The van der Waals surface area contributed by atoms with Gasteiger partial charge in [-0.15, -0.1) is 12.6 Å². The molecule has 0 saturated heterocycles. The van der Waals surface area contributed by atoms with E-state index < -0.39 is 0 Å². The van der Waals surface area contributed by atoms with E-state index >= 15 is 0 Å². The Morgan fingerprint density at radius 3 is 2.53 bits per heavy atom. The number of allylic oxidation sites excluding steroid dienone is 2. The second-order valence-corrected chi connectivity index (χ2v) is 4.37. The minimum absolute atomic E-state index is 0. The van der Waals surface area contributed by atoms with Crippen molar-refractivity contribution >= 4 is 23.1 Å². The van der Waals surface area contributed by atoms with Gasteiger partial charge >= 0.3 is 23.1 Å². The SMILES string of the molecule is CCN(CC)CC[N-]C1=CCCCC1C.[Br-].[Mg+2]. The van der Waals surface area contributed by atoms with E-state index in [9.17, 15) is 0 Å². The molecule has 4 heteroatoms. The first kappa shape index (κ1) is 20.1. The summed E-state index contributed by atoms with van der Waals surface area (Å²) in [4.78, 5) is 2.43. The molecule has 1 atom stereocenters. The molecule has 1 unspecified atom stereocenters. The number of hydrogen-bond donors (Lipinski definition) is 0. The molecule has 0 aromatic rings. The van der Waals surface area contributed by atoms with E-state index in [2.05, 4.69) is 31.7 Å². The van der Waals surface area contributed by atoms with Crippen LogP contribution in [0.1, 0.15) is 40.0 Å². The second kappa shape index (κ2) is 11.8. The van der Waals surface area contributed by atoms with Gasteiger partial charge in [-0.05, 0) is 44.8 Å². The van der Waals surface area contributed by atoms with E-state index in [1.54, 1.807) is 0 Å². The maximum atomic E-state index is 4.72. The fraction of sp³-hybridized carbons (Fsp3) is 0.846. The number of hydrogen-bond acceptors (Lipinski definition) is 1. The number of rotatable bonds is 6. The van der Waals surface area contributed by atoms with Gasteiger partial charge in [0.2, 0.25) is 0 Å². The first-order chi connectivity index (χ1) is 7.27. The van der Waals surface area contributed by atoms with Gasteiger partial charge in [0.05, 0.1) is 0 Å². The van der Waals surface area contributed by atoms with E-state index in [-0.39, 0.29) is 40.0 Å². The molecule has 0 heterocycles. The van der Waals surface area contributed by atoms with Gasteiger partial charge in [-0.1, -0.05) is 20.8 Å². The number of likely N-dealkylation sites (N-methyl/N-ethyl adjacent to an activating group) is 1. The van der Waals surface area contributed by atoms with Crippen LogP contribution >= 0.6 is 0 Å². The van der Waals surface area contributed by atoms with Crippen LogP contribution in [0.2, 0.25) is 0 Å². The Morgan fingerprint density at radius 1 is 1.35 bits per heavy atom. The summed E-state index contributed by atoms with van der Waals surface area (Å²) in [6.45, 7) is 11.1. The van der Waals surface area contributed by atoms with Crippen LogP contribution in [0.4, 0.5) is 0 Å². The molecule has 1 rings (SSSR count).